The first-order chi connectivity index (χ1) is 11.6. The van der Waals surface area contributed by atoms with Gasteiger partial charge in [0, 0.05) is 36.9 Å². The van der Waals surface area contributed by atoms with Crippen molar-refractivity contribution in [3.63, 3.8) is 0 Å². The van der Waals surface area contributed by atoms with Gasteiger partial charge in [-0.25, -0.2) is 14.4 Å². The van der Waals surface area contributed by atoms with E-state index in [1.165, 1.54) is 36.5 Å². The summed E-state index contributed by atoms with van der Waals surface area (Å²) >= 11 is 0. The first-order valence-corrected chi connectivity index (χ1v) is 7.28. The molecule has 124 valence electrons. The lowest BCUT2D eigenvalue weighted by molar-refractivity contribution is 0.162. The number of halogens is 2. The lowest BCUT2D eigenvalue weighted by atomic mass is 10.1. The summed E-state index contributed by atoms with van der Waals surface area (Å²) in [5.74, 6) is -0.675. The zero-order chi connectivity index (χ0) is 17.1. The summed E-state index contributed by atoms with van der Waals surface area (Å²) in [6, 6.07) is 8.45. The molecule has 0 saturated heterocycles. The Morgan fingerprint density at radius 1 is 1.12 bits per heavy atom. The summed E-state index contributed by atoms with van der Waals surface area (Å²) in [4.78, 5) is 7.93. The molecule has 0 spiro atoms. The van der Waals surface area contributed by atoms with E-state index in [4.69, 9.17) is 4.74 Å². The van der Waals surface area contributed by atoms with Crippen LogP contribution in [0.15, 0.2) is 42.6 Å². The third-order valence-corrected chi connectivity index (χ3v) is 3.57. The average Bonchev–Trinajstić information content (AvgIpc) is 2.90. The van der Waals surface area contributed by atoms with Crippen LogP contribution in [0.1, 0.15) is 5.82 Å². The topological polar surface area (TPSA) is 60.2 Å². The van der Waals surface area contributed by atoms with Crippen molar-refractivity contribution >= 4 is 0 Å². The Morgan fingerprint density at radius 3 is 2.54 bits per heavy atom. The standard InChI is InChI=1S/C17H15F2N3O2/c1-24-9-7-15-21-16(12-6-8-20-14(19)10-12)17(22(15)23)11-2-4-13(18)5-3-11/h2-6,8,10,23H,7,9H2,1H3. The van der Waals surface area contributed by atoms with Crippen LogP contribution in [-0.4, -0.2) is 33.6 Å². The second kappa shape index (κ2) is 6.76. The monoisotopic (exact) mass is 331 g/mol. The average molecular weight is 331 g/mol. The van der Waals surface area contributed by atoms with Gasteiger partial charge in [0.1, 0.15) is 23.0 Å². The fourth-order valence-electron chi connectivity index (χ4n) is 2.43. The lowest BCUT2D eigenvalue weighted by Gasteiger charge is -2.06. The summed E-state index contributed by atoms with van der Waals surface area (Å²) in [6.45, 7) is 0.366. The SMILES string of the molecule is COCCc1nc(-c2ccnc(F)c2)c(-c2ccc(F)cc2)n1O. The van der Waals surface area contributed by atoms with Gasteiger partial charge in [-0.05, 0) is 30.3 Å². The molecule has 0 atom stereocenters. The molecule has 0 fully saturated rings. The van der Waals surface area contributed by atoms with E-state index in [1.54, 1.807) is 13.2 Å². The maximum absolute atomic E-state index is 13.5. The van der Waals surface area contributed by atoms with Crippen LogP contribution in [-0.2, 0) is 11.2 Å². The van der Waals surface area contributed by atoms with Crippen molar-refractivity contribution in [3.8, 4) is 22.5 Å². The Bertz CT molecular complexity index is 848. The maximum Gasteiger partial charge on any atom is 0.213 e. The second-order valence-electron chi connectivity index (χ2n) is 5.15. The zero-order valence-electron chi connectivity index (χ0n) is 12.9. The molecule has 3 aromatic rings. The second-order valence-corrected chi connectivity index (χ2v) is 5.15. The minimum absolute atomic E-state index is 0.353. The smallest absolute Gasteiger partial charge is 0.213 e. The molecular weight excluding hydrogens is 316 g/mol. The number of hydrogen-bond donors (Lipinski definition) is 1. The Labute approximate surface area is 137 Å². The van der Waals surface area contributed by atoms with E-state index < -0.39 is 5.95 Å². The molecule has 24 heavy (non-hydrogen) atoms. The molecule has 0 saturated carbocycles. The lowest BCUT2D eigenvalue weighted by Crippen LogP contribution is -2.04. The van der Waals surface area contributed by atoms with E-state index in [0.717, 1.165) is 4.73 Å². The van der Waals surface area contributed by atoms with Crippen molar-refractivity contribution in [2.24, 2.45) is 0 Å². The minimum atomic E-state index is -0.650. The number of pyridine rings is 1. The molecule has 2 aromatic heterocycles. The highest BCUT2D eigenvalue weighted by molar-refractivity contribution is 5.78. The van der Waals surface area contributed by atoms with Gasteiger partial charge in [0.05, 0.1) is 6.61 Å². The highest BCUT2D eigenvalue weighted by Gasteiger charge is 2.20. The number of imidazole rings is 1. The van der Waals surface area contributed by atoms with E-state index in [0.29, 0.717) is 41.4 Å². The molecule has 1 aromatic carbocycles. The number of nitrogens with zero attached hydrogens (tertiary/aromatic N) is 3. The number of rotatable bonds is 5. The predicted octanol–water partition coefficient (Wildman–Crippen LogP) is 3.32. The maximum atomic E-state index is 13.5. The van der Waals surface area contributed by atoms with Gasteiger partial charge >= 0.3 is 0 Å². The number of benzene rings is 1. The molecule has 3 rings (SSSR count). The van der Waals surface area contributed by atoms with Crippen molar-refractivity contribution in [1.82, 2.24) is 14.7 Å². The Morgan fingerprint density at radius 2 is 1.88 bits per heavy atom. The van der Waals surface area contributed by atoms with Crippen molar-refractivity contribution in [2.75, 3.05) is 13.7 Å². The van der Waals surface area contributed by atoms with E-state index >= 15 is 0 Å². The Kier molecular flexibility index (Phi) is 4.52. The first kappa shape index (κ1) is 16.1. The fraction of sp³-hybridized carbons (Fsp3) is 0.176. The number of ether oxygens (including phenoxy) is 1. The van der Waals surface area contributed by atoms with Crippen LogP contribution in [0.4, 0.5) is 8.78 Å². The zero-order valence-corrected chi connectivity index (χ0v) is 12.9. The molecular formula is C17H15F2N3O2. The van der Waals surface area contributed by atoms with Crippen molar-refractivity contribution in [1.29, 1.82) is 0 Å². The summed E-state index contributed by atoms with van der Waals surface area (Å²) in [5.41, 5.74) is 1.76. The summed E-state index contributed by atoms with van der Waals surface area (Å²) in [6.07, 6.45) is 1.69. The van der Waals surface area contributed by atoms with Crippen molar-refractivity contribution < 1.29 is 18.7 Å². The van der Waals surface area contributed by atoms with Gasteiger partial charge in [-0.1, -0.05) is 0 Å². The summed E-state index contributed by atoms with van der Waals surface area (Å²) in [5, 5.41) is 10.5. The molecule has 7 heteroatoms. The van der Waals surface area contributed by atoms with E-state index in [-0.39, 0.29) is 5.82 Å². The molecule has 0 amide bonds. The van der Waals surface area contributed by atoms with Gasteiger partial charge in [-0.15, -0.1) is 0 Å². The molecule has 5 nitrogen and oxygen atoms in total. The van der Waals surface area contributed by atoms with Crippen LogP contribution < -0.4 is 0 Å². The summed E-state index contributed by atoms with van der Waals surface area (Å²) in [7, 11) is 1.55. The molecule has 0 aliphatic heterocycles. The first-order valence-electron chi connectivity index (χ1n) is 7.28. The van der Waals surface area contributed by atoms with Crippen LogP contribution >= 0.6 is 0 Å². The molecule has 2 heterocycles. The third-order valence-electron chi connectivity index (χ3n) is 3.57. The van der Waals surface area contributed by atoms with E-state index in [9.17, 15) is 14.0 Å². The largest absolute Gasteiger partial charge is 0.427 e. The Balaban J connectivity index is 2.17. The van der Waals surface area contributed by atoms with Gasteiger partial charge in [0.15, 0.2) is 0 Å². The number of aromatic nitrogens is 3. The van der Waals surface area contributed by atoms with Gasteiger partial charge in [0.25, 0.3) is 0 Å². The quantitative estimate of drug-likeness (QED) is 0.575. The van der Waals surface area contributed by atoms with E-state index in [1.807, 2.05) is 0 Å². The minimum Gasteiger partial charge on any atom is -0.427 e. The molecule has 0 aliphatic carbocycles. The van der Waals surface area contributed by atoms with Gasteiger partial charge in [-0.3, -0.25) is 0 Å². The molecule has 0 unspecified atom stereocenters. The van der Waals surface area contributed by atoms with E-state index in [2.05, 4.69) is 9.97 Å². The van der Waals surface area contributed by atoms with Crippen molar-refractivity contribution in [3.05, 3.63) is 60.2 Å². The van der Waals surface area contributed by atoms with Crippen LogP contribution in [0.5, 0.6) is 0 Å². The highest BCUT2D eigenvalue weighted by Crippen LogP contribution is 2.32. The summed E-state index contributed by atoms with van der Waals surface area (Å²) < 4.78 is 32.6. The van der Waals surface area contributed by atoms with Crippen LogP contribution in [0.2, 0.25) is 0 Å². The molecule has 1 N–H and O–H groups in total. The molecule has 0 radical (unpaired) electrons. The fourth-order valence-corrected chi connectivity index (χ4v) is 2.43. The van der Waals surface area contributed by atoms with Crippen molar-refractivity contribution in [2.45, 2.75) is 6.42 Å². The van der Waals surface area contributed by atoms with Crippen LogP contribution in [0.25, 0.3) is 22.5 Å². The third kappa shape index (κ3) is 3.11. The normalized spacial score (nSPS) is 11.0. The van der Waals surface area contributed by atoms with Gasteiger partial charge in [0.2, 0.25) is 5.95 Å². The number of hydrogen-bond acceptors (Lipinski definition) is 4. The molecule has 0 bridgehead atoms. The van der Waals surface area contributed by atoms with Crippen LogP contribution in [0.3, 0.4) is 0 Å². The molecule has 0 aliphatic rings. The number of methoxy groups -OCH3 is 1. The highest BCUT2D eigenvalue weighted by atomic mass is 19.1. The predicted molar refractivity (Wildman–Crippen MR) is 83.6 cm³/mol. The Hall–Kier alpha value is -2.80. The van der Waals surface area contributed by atoms with Crippen LogP contribution in [0, 0.1) is 11.8 Å². The van der Waals surface area contributed by atoms with Gasteiger partial charge < -0.3 is 9.94 Å². The van der Waals surface area contributed by atoms with Gasteiger partial charge in [-0.2, -0.15) is 9.12 Å².